The summed E-state index contributed by atoms with van der Waals surface area (Å²) in [6.45, 7) is 0.732. The Morgan fingerprint density at radius 1 is 1.29 bits per heavy atom. The van der Waals surface area contributed by atoms with Gasteiger partial charge in [-0.05, 0) is 43.4 Å². The van der Waals surface area contributed by atoms with Gasteiger partial charge in [0.25, 0.3) is 5.91 Å². The number of methoxy groups -OCH3 is 1. The number of carbonyl (C=O) groups is 1. The molecule has 2 heterocycles. The summed E-state index contributed by atoms with van der Waals surface area (Å²) in [5, 5.41) is 2.81. The van der Waals surface area contributed by atoms with Gasteiger partial charge in [0, 0.05) is 25.9 Å². The smallest absolute Gasteiger partial charge is 0.287 e. The Kier molecular flexibility index (Phi) is 5.48. The van der Waals surface area contributed by atoms with Crippen molar-refractivity contribution in [3.05, 3.63) is 47.5 Å². The lowest BCUT2D eigenvalue weighted by atomic mass is 10.2. The topological polar surface area (TPSA) is 73.6 Å². The Balaban J connectivity index is 1.49. The molecule has 128 valence electrons. The minimum Gasteiger partial charge on any atom is -0.474 e. The van der Waals surface area contributed by atoms with Crippen molar-refractivity contribution in [1.29, 1.82) is 0 Å². The molecule has 0 atom stereocenters. The van der Waals surface area contributed by atoms with Crippen molar-refractivity contribution in [3.8, 4) is 5.88 Å². The van der Waals surface area contributed by atoms with E-state index < -0.39 is 0 Å². The van der Waals surface area contributed by atoms with E-state index >= 15 is 0 Å². The van der Waals surface area contributed by atoms with Gasteiger partial charge >= 0.3 is 0 Å². The standard InChI is InChI=1S/C18H22N2O4/c1-22-12-15-7-8-16(23-15)18(21)20-11-13-6-9-17(19-10-13)24-14-4-2-3-5-14/h6-10,14H,2-5,11-12H2,1H3,(H,20,21). The van der Waals surface area contributed by atoms with Crippen LogP contribution < -0.4 is 10.1 Å². The zero-order valence-corrected chi connectivity index (χ0v) is 13.8. The van der Waals surface area contributed by atoms with E-state index in [1.165, 1.54) is 12.8 Å². The lowest BCUT2D eigenvalue weighted by Crippen LogP contribution is -2.22. The molecule has 1 N–H and O–H groups in total. The van der Waals surface area contributed by atoms with E-state index in [0.717, 1.165) is 18.4 Å². The average Bonchev–Trinajstić information content (AvgIpc) is 3.26. The zero-order chi connectivity index (χ0) is 16.8. The highest BCUT2D eigenvalue weighted by Crippen LogP contribution is 2.22. The van der Waals surface area contributed by atoms with Crippen molar-refractivity contribution in [2.75, 3.05) is 7.11 Å². The molecule has 1 amide bonds. The van der Waals surface area contributed by atoms with Gasteiger partial charge in [-0.15, -0.1) is 0 Å². The largest absolute Gasteiger partial charge is 0.474 e. The van der Waals surface area contributed by atoms with Crippen molar-refractivity contribution in [3.63, 3.8) is 0 Å². The number of pyridine rings is 1. The molecule has 2 aromatic heterocycles. The normalized spacial score (nSPS) is 14.7. The molecule has 6 heteroatoms. The first kappa shape index (κ1) is 16.5. The summed E-state index contributed by atoms with van der Waals surface area (Å²) in [6.07, 6.45) is 6.69. The third-order valence-corrected chi connectivity index (χ3v) is 4.01. The molecule has 0 aromatic carbocycles. The van der Waals surface area contributed by atoms with E-state index in [4.69, 9.17) is 13.9 Å². The molecular weight excluding hydrogens is 308 g/mol. The second-order valence-electron chi connectivity index (χ2n) is 5.91. The number of ether oxygens (including phenoxy) is 2. The van der Waals surface area contributed by atoms with Crippen LogP contribution in [0, 0.1) is 0 Å². The Morgan fingerprint density at radius 2 is 2.12 bits per heavy atom. The van der Waals surface area contributed by atoms with Crippen molar-refractivity contribution in [2.24, 2.45) is 0 Å². The average molecular weight is 330 g/mol. The molecule has 0 unspecified atom stereocenters. The molecule has 3 rings (SSSR count). The summed E-state index contributed by atoms with van der Waals surface area (Å²) in [6, 6.07) is 7.13. The Hall–Kier alpha value is -2.34. The van der Waals surface area contributed by atoms with Gasteiger partial charge in [0.05, 0.1) is 0 Å². The van der Waals surface area contributed by atoms with Crippen molar-refractivity contribution < 1.29 is 18.7 Å². The molecule has 1 saturated carbocycles. The second-order valence-corrected chi connectivity index (χ2v) is 5.91. The highest BCUT2D eigenvalue weighted by atomic mass is 16.5. The first-order valence-corrected chi connectivity index (χ1v) is 8.22. The second kappa shape index (κ2) is 7.97. The third-order valence-electron chi connectivity index (χ3n) is 4.01. The number of carbonyl (C=O) groups excluding carboxylic acids is 1. The molecule has 1 fully saturated rings. The molecule has 2 aromatic rings. The number of hydrogen-bond donors (Lipinski definition) is 1. The minimum atomic E-state index is -0.261. The summed E-state index contributed by atoms with van der Waals surface area (Å²) < 4.78 is 16.2. The molecule has 0 spiro atoms. The number of hydrogen-bond acceptors (Lipinski definition) is 5. The minimum absolute atomic E-state index is 0.261. The fourth-order valence-corrected chi connectivity index (χ4v) is 2.75. The number of amides is 1. The van der Waals surface area contributed by atoms with E-state index in [9.17, 15) is 4.79 Å². The van der Waals surface area contributed by atoms with E-state index in [-0.39, 0.29) is 11.7 Å². The number of nitrogens with zero attached hydrogens (tertiary/aromatic N) is 1. The van der Waals surface area contributed by atoms with E-state index in [2.05, 4.69) is 10.3 Å². The van der Waals surface area contributed by atoms with Gasteiger partial charge in [0.15, 0.2) is 5.76 Å². The van der Waals surface area contributed by atoms with E-state index in [0.29, 0.717) is 30.9 Å². The van der Waals surface area contributed by atoms with Crippen LogP contribution in [0.1, 0.15) is 47.6 Å². The highest BCUT2D eigenvalue weighted by molar-refractivity contribution is 5.91. The number of furan rings is 1. The summed E-state index contributed by atoms with van der Waals surface area (Å²) >= 11 is 0. The SMILES string of the molecule is COCc1ccc(C(=O)NCc2ccc(OC3CCCC3)nc2)o1. The van der Waals surface area contributed by atoms with Crippen LogP contribution in [0.15, 0.2) is 34.9 Å². The quantitative estimate of drug-likeness (QED) is 0.844. The predicted molar refractivity (Wildman–Crippen MR) is 87.7 cm³/mol. The fourth-order valence-electron chi connectivity index (χ4n) is 2.75. The molecule has 1 aliphatic rings. The van der Waals surface area contributed by atoms with E-state index in [1.807, 2.05) is 12.1 Å². The summed E-state index contributed by atoms with van der Waals surface area (Å²) in [7, 11) is 1.58. The van der Waals surface area contributed by atoms with Gasteiger partial charge in [-0.25, -0.2) is 4.98 Å². The van der Waals surface area contributed by atoms with Crippen molar-refractivity contribution in [1.82, 2.24) is 10.3 Å². The molecule has 0 radical (unpaired) electrons. The van der Waals surface area contributed by atoms with Crippen LogP contribution in [0.25, 0.3) is 0 Å². The van der Waals surface area contributed by atoms with Gasteiger partial charge in [0.1, 0.15) is 18.5 Å². The van der Waals surface area contributed by atoms with Crippen LogP contribution in [0.5, 0.6) is 5.88 Å². The number of nitrogens with one attached hydrogen (secondary N) is 1. The molecule has 0 saturated heterocycles. The van der Waals surface area contributed by atoms with Gasteiger partial charge in [-0.3, -0.25) is 4.79 Å². The molecule has 0 bridgehead atoms. The van der Waals surface area contributed by atoms with Crippen molar-refractivity contribution >= 4 is 5.91 Å². The number of aromatic nitrogens is 1. The summed E-state index contributed by atoms with van der Waals surface area (Å²) in [4.78, 5) is 16.3. The lowest BCUT2D eigenvalue weighted by Gasteiger charge is -2.12. The van der Waals surface area contributed by atoms with Crippen LogP contribution in [-0.4, -0.2) is 24.1 Å². The van der Waals surface area contributed by atoms with Crippen LogP contribution in [0.4, 0.5) is 0 Å². The summed E-state index contributed by atoms with van der Waals surface area (Å²) in [5.74, 6) is 1.28. The first-order valence-electron chi connectivity index (χ1n) is 8.22. The highest BCUT2D eigenvalue weighted by Gasteiger charge is 2.17. The maximum absolute atomic E-state index is 12.0. The molecular formula is C18H22N2O4. The molecule has 0 aliphatic heterocycles. The van der Waals surface area contributed by atoms with Crippen LogP contribution in [-0.2, 0) is 17.9 Å². The maximum atomic E-state index is 12.0. The monoisotopic (exact) mass is 330 g/mol. The van der Waals surface area contributed by atoms with Crippen LogP contribution in [0.2, 0.25) is 0 Å². The maximum Gasteiger partial charge on any atom is 0.287 e. The van der Waals surface area contributed by atoms with Gasteiger partial charge < -0.3 is 19.2 Å². The third kappa shape index (κ3) is 4.35. The number of rotatable bonds is 7. The molecule has 1 aliphatic carbocycles. The Morgan fingerprint density at radius 3 is 2.83 bits per heavy atom. The summed E-state index contributed by atoms with van der Waals surface area (Å²) in [5.41, 5.74) is 0.908. The molecule has 24 heavy (non-hydrogen) atoms. The van der Waals surface area contributed by atoms with Gasteiger partial charge in [-0.1, -0.05) is 6.07 Å². The Bertz CT molecular complexity index is 660. The first-order chi connectivity index (χ1) is 11.7. The van der Waals surface area contributed by atoms with Gasteiger partial charge in [0.2, 0.25) is 5.88 Å². The lowest BCUT2D eigenvalue weighted by molar-refractivity contribution is 0.0914. The Labute approximate surface area is 141 Å². The van der Waals surface area contributed by atoms with Gasteiger partial charge in [-0.2, -0.15) is 0 Å². The fraction of sp³-hybridized carbons (Fsp3) is 0.444. The van der Waals surface area contributed by atoms with Crippen LogP contribution in [0.3, 0.4) is 0 Å². The van der Waals surface area contributed by atoms with Crippen LogP contribution >= 0.6 is 0 Å². The molecule has 6 nitrogen and oxygen atoms in total. The predicted octanol–water partition coefficient (Wildman–Crippen LogP) is 3.07. The zero-order valence-electron chi connectivity index (χ0n) is 13.8. The van der Waals surface area contributed by atoms with Crippen molar-refractivity contribution in [2.45, 2.75) is 44.9 Å². The van der Waals surface area contributed by atoms with E-state index in [1.54, 1.807) is 25.4 Å².